The molecule has 0 radical (unpaired) electrons. The maximum atomic E-state index is 12.5. The Kier molecular flexibility index (Phi) is 4.64. The predicted molar refractivity (Wildman–Crippen MR) is 88.1 cm³/mol. The van der Waals surface area contributed by atoms with E-state index in [-0.39, 0.29) is 23.7 Å². The van der Waals surface area contributed by atoms with Gasteiger partial charge in [0.15, 0.2) is 0 Å². The maximum Gasteiger partial charge on any atom is 0.253 e. The number of nitrogens with zero attached hydrogens (tertiary/aromatic N) is 1. The van der Waals surface area contributed by atoms with Crippen LogP contribution in [0.15, 0.2) is 24.3 Å². The fraction of sp³-hybridized carbons (Fsp3) is 0.588. The summed E-state index contributed by atoms with van der Waals surface area (Å²) in [6, 6.07) is 8.14. The summed E-state index contributed by atoms with van der Waals surface area (Å²) in [5, 5.41) is 3.41. The second kappa shape index (κ2) is 5.98. The van der Waals surface area contributed by atoms with Gasteiger partial charge in [0.25, 0.3) is 5.91 Å². The first-order valence-corrected chi connectivity index (χ1v) is 7.55. The van der Waals surface area contributed by atoms with Crippen molar-refractivity contribution in [1.82, 2.24) is 10.2 Å². The molecule has 3 rings (SSSR count). The Labute approximate surface area is 133 Å². The van der Waals surface area contributed by atoms with Crippen LogP contribution in [0.3, 0.4) is 0 Å². The molecule has 0 aliphatic carbocycles. The normalized spacial score (nSPS) is 24.6. The second-order valence-corrected chi connectivity index (χ2v) is 7.22. The fourth-order valence-electron chi connectivity index (χ4n) is 3.32. The van der Waals surface area contributed by atoms with Crippen molar-refractivity contribution in [2.75, 3.05) is 26.2 Å². The highest BCUT2D eigenvalue weighted by Crippen LogP contribution is 2.28. The molecule has 1 aromatic carbocycles. The molecule has 2 fully saturated rings. The van der Waals surface area contributed by atoms with Crippen molar-refractivity contribution in [3.8, 4) is 0 Å². The molecule has 2 aliphatic rings. The lowest BCUT2D eigenvalue weighted by atomic mass is 9.86. The van der Waals surface area contributed by atoms with Gasteiger partial charge in [-0.2, -0.15) is 0 Å². The molecule has 0 spiro atoms. The third-order valence-corrected chi connectivity index (χ3v) is 4.67. The zero-order valence-corrected chi connectivity index (χ0v) is 13.9. The fourth-order valence-corrected chi connectivity index (χ4v) is 3.32. The minimum atomic E-state index is 0. The number of benzene rings is 1. The van der Waals surface area contributed by atoms with Crippen molar-refractivity contribution in [2.24, 2.45) is 11.8 Å². The molecule has 1 N–H and O–H groups in total. The Morgan fingerprint density at radius 3 is 2.10 bits per heavy atom. The highest BCUT2D eigenvalue weighted by Gasteiger charge is 2.38. The van der Waals surface area contributed by atoms with Crippen LogP contribution in [0.1, 0.15) is 36.7 Å². The lowest BCUT2D eigenvalue weighted by molar-refractivity contribution is 0.0781. The van der Waals surface area contributed by atoms with E-state index in [2.05, 4.69) is 38.2 Å². The van der Waals surface area contributed by atoms with Crippen LogP contribution in [0.4, 0.5) is 0 Å². The molecule has 4 heteroatoms. The van der Waals surface area contributed by atoms with Gasteiger partial charge in [0.05, 0.1) is 0 Å². The number of carbonyl (C=O) groups is 1. The molecule has 0 unspecified atom stereocenters. The summed E-state index contributed by atoms with van der Waals surface area (Å²) in [7, 11) is 0. The molecule has 2 heterocycles. The molecule has 1 aromatic rings. The molecule has 2 aliphatic heterocycles. The highest BCUT2D eigenvalue weighted by atomic mass is 35.5. The molecule has 2 saturated heterocycles. The van der Waals surface area contributed by atoms with Crippen LogP contribution in [-0.4, -0.2) is 37.0 Å². The smallest absolute Gasteiger partial charge is 0.253 e. The average molecular weight is 309 g/mol. The SMILES string of the molecule is CC(C)(C)c1ccc(C(=O)N2C[C@H]3CNC[C@H]3C2)cc1.Cl. The predicted octanol–water partition coefficient (Wildman–Crippen LogP) is 2.70. The number of carbonyl (C=O) groups excluding carboxylic acids is 1. The quantitative estimate of drug-likeness (QED) is 0.865. The topological polar surface area (TPSA) is 32.3 Å². The molecule has 0 bridgehead atoms. The van der Waals surface area contributed by atoms with Crippen molar-refractivity contribution in [3.63, 3.8) is 0 Å². The molecule has 2 atom stereocenters. The summed E-state index contributed by atoms with van der Waals surface area (Å²) < 4.78 is 0. The molecule has 0 saturated carbocycles. The third-order valence-electron chi connectivity index (χ3n) is 4.67. The van der Waals surface area contributed by atoms with E-state index in [1.165, 1.54) is 5.56 Å². The Bertz CT molecular complexity index is 495. The van der Waals surface area contributed by atoms with Crippen molar-refractivity contribution in [3.05, 3.63) is 35.4 Å². The van der Waals surface area contributed by atoms with Gasteiger partial charge in [-0.15, -0.1) is 12.4 Å². The number of likely N-dealkylation sites (tertiary alicyclic amines) is 1. The van der Waals surface area contributed by atoms with E-state index >= 15 is 0 Å². The first kappa shape index (κ1) is 16.3. The molecule has 1 amide bonds. The van der Waals surface area contributed by atoms with Gasteiger partial charge < -0.3 is 10.2 Å². The van der Waals surface area contributed by atoms with Gasteiger partial charge in [0.2, 0.25) is 0 Å². The monoisotopic (exact) mass is 308 g/mol. The summed E-state index contributed by atoms with van der Waals surface area (Å²) in [4.78, 5) is 14.6. The minimum absolute atomic E-state index is 0. The van der Waals surface area contributed by atoms with Crippen molar-refractivity contribution in [1.29, 1.82) is 0 Å². The van der Waals surface area contributed by atoms with Gasteiger partial charge in [-0.1, -0.05) is 32.9 Å². The van der Waals surface area contributed by atoms with Crippen LogP contribution in [0.5, 0.6) is 0 Å². The summed E-state index contributed by atoms with van der Waals surface area (Å²) in [5.74, 6) is 1.51. The van der Waals surface area contributed by atoms with E-state index in [4.69, 9.17) is 0 Å². The van der Waals surface area contributed by atoms with Crippen LogP contribution < -0.4 is 5.32 Å². The molecule has 116 valence electrons. The van der Waals surface area contributed by atoms with Gasteiger partial charge in [0, 0.05) is 31.7 Å². The Morgan fingerprint density at radius 1 is 1.10 bits per heavy atom. The summed E-state index contributed by atoms with van der Waals surface area (Å²) in [6.45, 7) is 10.5. The molecule has 21 heavy (non-hydrogen) atoms. The van der Waals surface area contributed by atoms with E-state index in [0.717, 1.165) is 31.7 Å². The minimum Gasteiger partial charge on any atom is -0.338 e. The average Bonchev–Trinajstić information content (AvgIpc) is 2.97. The van der Waals surface area contributed by atoms with Crippen molar-refractivity contribution < 1.29 is 4.79 Å². The molecular weight excluding hydrogens is 284 g/mol. The van der Waals surface area contributed by atoms with Crippen LogP contribution in [0, 0.1) is 11.8 Å². The highest BCUT2D eigenvalue weighted by molar-refractivity contribution is 5.94. The maximum absolute atomic E-state index is 12.5. The van der Waals surface area contributed by atoms with Crippen LogP contribution in [0.25, 0.3) is 0 Å². The largest absolute Gasteiger partial charge is 0.338 e. The van der Waals surface area contributed by atoms with E-state index in [1.54, 1.807) is 0 Å². The zero-order chi connectivity index (χ0) is 14.3. The summed E-state index contributed by atoms with van der Waals surface area (Å²) >= 11 is 0. The molecule has 0 aromatic heterocycles. The van der Waals surface area contributed by atoms with Crippen molar-refractivity contribution >= 4 is 18.3 Å². The standard InChI is InChI=1S/C17H24N2O.ClH/c1-17(2,3)15-6-4-12(5-7-15)16(20)19-10-13-8-18-9-14(13)11-19;/h4-7,13-14,18H,8-11H2,1-3H3;1H/t13-,14+;. The van der Waals surface area contributed by atoms with E-state index in [9.17, 15) is 4.79 Å². The van der Waals surface area contributed by atoms with Gasteiger partial charge in [-0.3, -0.25) is 4.79 Å². The molecule has 3 nitrogen and oxygen atoms in total. The molecular formula is C17H25ClN2O. The van der Waals surface area contributed by atoms with Crippen molar-refractivity contribution in [2.45, 2.75) is 26.2 Å². The lowest BCUT2D eigenvalue weighted by Gasteiger charge is -2.21. The number of fused-ring (bicyclic) bond motifs is 1. The zero-order valence-electron chi connectivity index (χ0n) is 13.1. The lowest BCUT2D eigenvalue weighted by Crippen LogP contribution is -2.31. The van der Waals surface area contributed by atoms with E-state index < -0.39 is 0 Å². The van der Waals surface area contributed by atoms with E-state index in [1.807, 2.05) is 17.0 Å². The summed E-state index contributed by atoms with van der Waals surface area (Å²) in [5.41, 5.74) is 2.24. The Morgan fingerprint density at radius 2 is 1.62 bits per heavy atom. The Hall–Kier alpha value is -1.06. The van der Waals surface area contributed by atoms with Crippen LogP contribution >= 0.6 is 12.4 Å². The van der Waals surface area contributed by atoms with Gasteiger partial charge in [-0.25, -0.2) is 0 Å². The van der Waals surface area contributed by atoms with E-state index in [0.29, 0.717) is 11.8 Å². The Balaban J connectivity index is 0.00000161. The number of hydrogen-bond acceptors (Lipinski definition) is 2. The van der Waals surface area contributed by atoms with Gasteiger partial charge in [-0.05, 0) is 34.9 Å². The first-order chi connectivity index (χ1) is 9.45. The number of nitrogens with one attached hydrogen (secondary N) is 1. The number of amides is 1. The third kappa shape index (κ3) is 3.24. The number of halogens is 1. The number of rotatable bonds is 1. The van der Waals surface area contributed by atoms with Crippen LogP contribution in [0.2, 0.25) is 0 Å². The number of hydrogen-bond donors (Lipinski definition) is 1. The van der Waals surface area contributed by atoms with Gasteiger partial charge >= 0.3 is 0 Å². The summed E-state index contributed by atoms with van der Waals surface area (Å²) in [6.07, 6.45) is 0. The second-order valence-electron chi connectivity index (χ2n) is 7.22. The first-order valence-electron chi connectivity index (χ1n) is 7.55. The van der Waals surface area contributed by atoms with Gasteiger partial charge in [0.1, 0.15) is 0 Å². The van der Waals surface area contributed by atoms with Crippen LogP contribution in [-0.2, 0) is 5.41 Å².